The maximum absolute atomic E-state index is 12.9. The summed E-state index contributed by atoms with van der Waals surface area (Å²) in [5, 5.41) is 8.36. The number of amidine groups is 1. The molecule has 1 aliphatic heterocycles. The molecule has 2 aromatic carbocycles. The van der Waals surface area contributed by atoms with E-state index < -0.39 is 6.04 Å². The zero-order valence-electron chi connectivity index (χ0n) is 15.6. The molecule has 0 radical (unpaired) electrons. The van der Waals surface area contributed by atoms with Gasteiger partial charge in [-0.2, -0.15) is 5.10 Å². The number of aryl methyl sites for hydroxylation is 1. The molecular formula is C20H21N3O4. The standard InChI is InChI=1S/C20H21N3O4/c1-12-5-7-14(8-6-12)19-21-20(25)18(23(22-19)13(2)24)16-10-9-15(26-3)11-17(16)27-4/h5-11,18H,1-4H3,(H,21,22,25). The summed E-state index contributed by atoms with van der Waals surface area (Å²) in [6.45, 7) is 3.34. The molecule has 1 atom stereocenters. The molecule has 7 heteroatoms. The fourth-order valence-corrected chi connectivity index (χ4v) is 2.90. The smallest absolute Gasteiger partial charge is 0.255 e. The molecule has 1 heterocycles. The Labute approximate surface area is 157 Å². The summed E-state index contributed by atoms with van der Waals surface area (Å²) in [7, 11) is 3.04. The van der Waals surface area contributed by atoms with Crippen molar-refractivity contribution in [3.8, 4) is 11.5 Å². The number of hydrogen-bond acceptors (Lipinski definition) is 5. The number of carbonyl (C=O) groups is 2. The molecule has 2 aromatic rings. The number of nitrogens with one attached hydrogen (secondary N) is 1. The molecule has 0 spiro atoms. The second-order valence-electron chi connectivity index (χ2n) is 6.18. The number of amides is 2. The normalized spacial score (nSPS) is 16.4. The number of methoxy groups -OCH3 is 2. The zero-order chi connectivity index (χ0) is 19.6. The topological polar surface area (TPSA) is 80.2 Å². The molecule has 27 heavy (non-hydrogen) atoms. The molecule has 1 unspecified atom stereocenters. The molecule has 0 aliphatic carbocycles. The van der Waals surface area contributed by atoms with Crippen LogP contribution in [0.4, 0.5) is 0 Å². The zero-order valence-corrected chi connectivity index (χ0v) is 15.6. The summed E-state index contributed by atoms with van der Waals surface area (Å²) >= 11 is 0. The van der Waals surface area contributed by atoms with Gasteiger partial charge in [-0.1, -0.05) is 29.8 Å². The average Bonchev–Trinajstić information content (AvgIpc) is 2.67. The molecule has 1 aliphatic rings. The van der Waals surface area contributed by atoms with E-state index in [0.29, 0.717) is 22.9 Å². The van der Waals surface area contributed by atoms with Gasteiger partial charge in [0.1, 0.15) is 11.5 Å². The molecule has 0 saturated heterocycles. The van der Waals surface area contributed by atoms with Crippen molar-refractivity contribution < 1.29 is 19.1 Å². The minimum atomic E-state index is -0.933. The highest BCUT2D eigenvalue weighted by Gasteiger charge is 2.37. The number of nitrogens with zero attached hydrogens (tertiary/aromatic N) is 2. The van der Waals surface area contributed by atoms with Crippen molar-refractivity contribution in [1.82, 2.24) is 10.3 Å². The van der Waals surface area contributed by atoms with Crippen molar-refractivity contribution in [3.63, 3.8) is 0 Å². The predicted molar refractivity (Wildman–Crippen MR) is 101 cm³/mol. The molecule has 3 rings (SSSR count). The Hall–Kier alpha value is -3.35. The lowest BCUT2D eigenvalue weighted by Gasteiger charge is -2.32. The highest BCUT2D eigenvalue weighted by Crippen LogP contribution is 2.34. The summed E-state index contributed by atoms with van der Waals surface area (Å²) in [5.74, 6) is 0.648. The lowest BCUT2D eigenvalue weighted by molar-refractivity contribution is -0.139. The van der Waals surface area contributed by atoms with E-state index in [2.05, 4.69) is 10.4 Å². The van der Waals surface area contributed by atoms with Gasteiger partial charge < -0.3 is 14.8 Å². The molecule has 2 amide bonds. The fourth-order valence-electron chi connectivity index (χ4n) is 2.90. The SMILES string of the molecule is COc1ccc(C2C(=O)NC(c3ccc(C)cc3)=NN2C(C)=O)c(OC)c1. The van der Waals surface area contributed by atoms with E-state index in [4.69, 9.17) is 9.47 Å². The second-order valence-corrected chi connectivity index (χ2v) is 6.18. The molecule has 0 fully saturated rings. The van der Waals surface area contributed by atoms with E-state index in [-0.39, 0.29) is 11.8 Å². The summed E-state index contributed by atoms with van der Waals surface area (Å²) in [4.78, 5) is 25.2. The summed E-state index contributed by atoms with van der Waals surface area (Å²) < 4.78 is 10.6. The third kappa shape index (κ3) is 3.62. The van der Waals surface area contributed by atoms with Gasteiger partial charge in [0.05, 0.1) is 14.2 Å². The van der Waals surface area contributed by atoms with Crippen LogP contribution in [0.25, 0.3) is 0 Å². The van der Waals surface area contributed by atoms with Crippen LogP contribution >= 0.6 is 0 Å². The summed E-state index contributed by atoms with van der Waals surface area (Å²) in [5.41, 5.74) is 2.34. The lowest BCUT2D eigenvalue weighted by atomic mass is 10.0. The van der Waals surface area contributed by atoms with Crippen molar-refractivity contribution in [2.45, 2.75) is 19.9 Å². The Balaban J connectivity index is 2.06. The van der Waals surface area contributed by atoms with E-state index in [9.17, 15) is 9.59 Å². The third-order valence-corrected chi connectivity index (χ3v) is 4.33. The highest BCUT2D eigenvalue weighted by molar-refractivity contribution is 6.11. The van der Waals surface area contributed by atoms with Crippen LogP contribution in [0, 0.1) is 6.92 Å². The first-order chi connectivity index (χ1) is 12.9. The van der Waals surface area contributed by atoms with Crippen LogP contribution < -0.4 is 14.8 Å². The van der Waals surface area contributed by atoms with Crippen molar-refractivity contribution in [1.29, 1.82) is 0 Å². The van der Waals surface area contributed by atoms with Gasteiger partial charge in [-0.3, -0.25) is 9.59 Å². The highest BCUT2D eigenvalue weighted by atomic mass is 16.5. The first-order valence-electron chi connectivity index (χ1n) is 8.43. The fraction of sp³-hybridized carbons (Fsp3) is 0.250. The van der Waals surface area contributed by atoms with Crippen LogP contribution in [0.15, 0.2) is 47.6 Å². The van der Waals surface area contributed by atoms with Gasteiger partial charge in [0.15, 0.2) is 11.9 Å². The molecular weight excluding hydrogens is 346 g/mol. The van der Waals surface area contributed by atoms with Crippen molar-refractivity contribution >= 4 is 17.6 Å². The Morgan fingerprint density at radius 3 is 2.41 bits per heavy atom. The van der Waals surface area contributed by atoms with Gasteiger partial charge in [0.25, 0.3) is 5.91 Å². The monoisotopic (exact) mass is 367 g/mol. The minimum Gasteiger partial charge on any atom is -0.497 e. The number of rotatable bonds is 4. The van der Waals surface area contributed by atoms with Crippen LogP contribution in [-0.4, -0.2) is 36.9 Å². The maximum Gasteiger partial charge on any atom is 0.255 e. The lowest BCUT2D eigenvalue weighted by Crippen LogP contribution is -2.48. The van der Waals surface area contributed by atoms with E-state index in [1.165, 1.54) is 19.0 Å². The van der Waals surface area contributed by atoms with Crippen LogP contribution in [-0.2, 0) is 9.59 Å². The van der Waals surface area contributed by atoms with Gasteiger partial charge in [-0.25, -0.2) is 5.01 Å². The van der Waals surface area contributed by atoms with Gasteiger partial charge in [0, 0.05) is 24.1 Å². The van der Waals surface area contributed by atoms with E-state index in [0.717, 1.165) is 11.1 Å². The van der Waals surface area contributed by atoms with Gasteiger partial charge >= 0.3 is 0 Å². The predicted octanol–water partition coefficient (Wildman–Crippen LogP) is 2.39. The molecule has 0 aromatic heterocycles. The number of hydrogen-bond donors (Lipinski definition) is 1. The number of carbonyl (C=O) groups excluding carboxylic acids is 2. The number of benzene rings is 2. The maximum atomic E-state index is 12.9. The largest absolute Gasteiger partial charge is 0.497 e. The second kappa shape index (κ2) is 7.49. The van der Waals surface area contributed by atoms with Gasteiger partial charge in [-0.15, -0.1) is 0 Å². The van der Waals surface area contributed by atoms with Crippen LogP contribution in [0.5, 0.6) is 11.5 Å². The molecule has 140 valence electrons. The Morgan fingerprint density at radius 1 is 1.11 bits per heavy atom. The van der Waals surface area contributed by atoms with Crippen molar-refractivity contribution in [2.24, 2.45) is 5.10 Å². The van der Waals surface area contributed by atoms with Crippen molar-refractivity contribution in [3.05, 3.63) is 59.2 Å². The molecule has 0 saturated carbocycles. The summed E-state index contributed by atoms with van der Waals surface area (Å²) in [6, 6.07) is 11.7. The van der Waals surface area contributed by atoms with Crippen LogP contribution in [0.1, 0.15) is 29.7 Å². The quantitative estimate of drug-likeness (QED) is 0.900. The van der Waals surface area contributed by atoms with E-state index in [1.807, 2.05) is 31.2 Å². The number of ether oxygens (including phenoxy) is 2. The molecule has 1 N–H and O–H groups in total. The van der Waals surface area contributed by atoms with Crippen molar-refractivity contribution in [2.75, 3.05) is 14.2 Å². The first-order valence-corrected chi connectivity index (χ1v) is 8.43. The third-order valence-electron chi connectivity index (χ3n) is 4.33. The summed E-state index contributed by atoms with van der Waals surface area (Å²) in [6.07, 6.45) is 0. The van der Waals surface area contributed by atoms with Gasteiger partial charge in [-0.05, 0) is 19.1 Å². The Morgan fingerprint density at radius 2 is 1.81 bits per heavy atom. The minimum absolute atomic E-state index is 0.332. The van der Waals surface area contributed by atoms with Gasteiger partial charge in [0.2, 0.25) is 5.91 Å². The first kappa shape index (κ1) is 18.4. The molecule has 7 nitrogen and oxygen atoms in total. The van der Waals surface area contributed by atoms with Crippen LogP contribution in [0.2, 0.25) is 0 Å². The Bertz CT molecular complexity index is 906. The average molecular weight is 367 g/mol. The van der Waals surface area contributed by atoms with E-state index in [1.54, 1.807) is 25.3 Å². The molecule has 0 bridgehead atoms. The Kier molecular flexibility index (Phi) is 5.12. The number of hydrazone groups is 1. The van der Waals surface area contributed by atoms with E-state index >= 15 is 0 Å². The van der Waals surface area contributed by atoms with Crippen LogP contribution in [0.3, 0.4) is 0 Å².